The normalized spacial score (nSPS) is 12.2. The zero-order chi connectivity index (χ0) is 23.4. The number of fused-ring (bicyclic) bond motifs is 1. The van der Waals surface area contributed by atoms with E-state index in [1.807, 2.05) is 37.3 Å². The van der Waals surface area contributed by atoms with Gasteiger partial charge in [0.15, 0.2) is 11.6 Å². The summed E-state index contributed by atoms with van der Waals surface area (Å²) < 4.78 is 7.94. The summed E-state index contributed by atoms with van der Waals surface area (Å²) in [4.78, 5) is 26.0. The molecule has 1 heterocycles. The lowest BCUT2D eigenvalue weighted by molar-refractivity contribution is -0.120. The van der Waals surface area contributed by atoms with Gasteiger partial charge in [0, 0.05) is 24.1 Å². The monoisotopic (exact) mass is 463 g/mol. The van der Waals surface area contributed by atoms with Crippen molar-refractivity contribution in [3.8, 4) is 11.4 Å². The van der Waals surface area contributed by atoms with Gasteiger partial charge in [-0.1, -0.05) is 61.0 Å². The van der Waals surface area contributed by atoms with Gasteiger partial charge in [-0.2, -0.15) is 0 Å². The molecule has 0 saturated heterocycles. The van der Waals surface area contributed by atoms with Crippen LogP contribution in [0, 0.1) is 0 Å². The first kappa shape index (κ1) is 23.0. The van der Waals surface area contributed by atoms with Crippen LogP contribution in [0.3, 0.4) is 0 Å². The molecule has 170 valence electrons. The van der Waals surface area contributed by atoms with Gasteiger partial charge in [0.25, 0.3) is 0 Å². The highest BCUT2D eigenvalue weighted by Gasteiger charge is 2.19. The average Bonchev–Trinajstić information content (AvgIpc) is 3.12. The number of hydrogen-bond donors (Lipinski definition) is 0. The molecule has 1 atom stereocenters. The van der Waals surface area contributed by atoms with Crippen LogP contribution >= 0.6 is 11.6 Å². The second-order valence-electron chi connectivity index (χ2n) is 8.13. The van der Waals surface area contributed by atoms with Crippen molar-refractivity contribution >= 4 is 28.2 Å². The highest BCUT2D eigenvalue weighted by Crippen LogP contribution is 2.28. The van der Waals surface area contributed by atoms with Crippen LogP contribution in [-0.4, -0.2) is 33.8 Å². The summed E-state index contributed by atoms with van der Waals surface area (Å²) in [7, 11) is 1.58. The Hall–Kier alpha value is -3.22. The average molecular weight is 464 g/mol. The van der Waals surface area contributed by atoms with E-state index in [1.54, 1.807) is 19.2 Å². The molecular weight excluding hydrogens is 438 g/mol. The van der Waals surface area contributed by atoms with Crippen LogP contribution in [0.2, 0.25) is 5.02 Å². The molecule has 0 unspecified atom stereocenters. The first-order valence-electron chi connectivity index (χ1n) is 10.9. The van der Waals surface area contributed by atoms with Crippen LogP contribution in [0.5, 0.6) is 0 Å². The van der Waals surface area contributed by atoms with E-state index in [2.05, 4.69) is 29.4 Å². The maximum absolute atomic E-state index is 13.0. The minimum Gasteiger partial charge on any atom is -0.383 e. The Morgan fingerprint density at radius 1 is 1.06 bits per heavy atom. The third-order valence-corrected chi connectivity index (χ3v) is 6.01. The van der Waals surface area contributed by atoms with Crippen molar-refractivity contribution in [2.45, 2.75) is 32.4 Å². The van der Waals surface area contributed by atoms with E-state index in [9.17, 15) is 9.59 Å². The molecule has 0 radical (unpaired) electrons. The summed E-state index contributed by atoms with van der Waals surface area (Å²) in [5.41, 5.74) is 1.55. The number of ketones is 1. The molecule has 4 aromatic rings. The van der Waals surface area contributed by atoms with Crippen LogP contribution < -0.4 is 5.69 Å². The zero-order valence-corrected chi connectivity index (χ0v) is 19.5. The van der Waals surface area contributed by atoms with E-state index in [4.69, 9.17) is 16.3 Å². The number of hydrogen-bond acceptors (Lipinski definition) is 4. The Morgan fingerprint density at radius 3 is 2.55 bits per heavy atom. The molecule has 0 fully saturated rings. The molecule has 7 heteroatoms. The summed E-state index contributed by atoms with van der Waals surface area (Å²) in [5, 5.41) is 7.37. The lowest BCUT2D eigenvalue weighted by Gasteiger charge is -2.14. The summed E-state index contributed by atoms with van der Waals surface area (Å²) in [6.45, 7) is 2.67. The summed E-state index contributed by atoms with van der Waals surface area (Å²) in [6, 6.07) is 21.4. The first-order chi connectivity index (χ1) is 16.0. The molecule has 33 heavy (non-hydrogen) atoms. The third-order valence-electron chi connectivity index (χ3n) is 5.76. The van der Waals surface area contributed by atoms with E-state index in [-0.39, 0.29) is 23.9 Å². The van der Waals surface area contributed by atoms with Gasteiger partial charge < -0.3 is 4.74 Å². The quantitative estimate of drug-likeness (QED) is 0.353. The van der Waals surface area contributed by atoms with Gasteiger partial charge in [0.2, 0.25) is 0 Å². The molecule has 0 bridgehead atoms. The molecule has 1 aromatic heterocycles. The summed E-state index contributed by atoms with van der Waals surface area (Å²) >= 11 is 6.00. The van der Waals surface area contributed by atoms with Gasteiger partial charge in [-0.3, -0.25) is 9.36 Å². The Balaban J connectivity index is 1.57. The van der Waals surface area contributed by atoms with E-state index in [0.29, 0.717) is 30.4 Å². The van der Waals surface area contributed by atoms with Gasteiger partial charge in [-0.15, -0.1) is 5.10 Å². The maximum Gasteiger partial charge on any atom is 0.346 e. The number of ether oxygens (including phenoxy) is 1. The Morgan fingerprint density at radius 2 is 1.79 bits per heavy atom. The van der Waals surface area contributed by atoms with Gasteiger partial charge >= 0.3 is 5.69 Å². The van der Waals surface area contributed by atoms with Crippen LogP contribution in [-0.2, 0) is 22.6 Å². The van der Waals surface area contributed by atoms with E-state index >= 15 is 0 Å². The standard InChI is InChI=1S/C26H26ClN3O3/c1-18(23-9-5-7-19-6-3-4-8-24(19)23)16-22(31)17-30-26(32)29(14-15-33-2)25(28-30)20-10-12-21(27)13-11-20/h3-13,18H,14-17H2,1-2H3/t18-/m0/s1. The van der Waals surface area contributed by atoms with Crippen LogP contribution in [0.15, 0.2) is 71.5 Å². The molecule has 0 spiro atoms. The number of carbonyl (C=O) groups is 1. The molecule has 0 aliphatic heterocycles. The summed E-state index contributed by atoms with van der Waals surface area (Å²) in [5.74, 6) is 0.464. The van der Waals surface area contributed by atoms with Crippen LogP contribution in [0.4, 0.5) is 0 Å². The number of nitrogens with zero attached hydrogens (tertiary/aromatic N) is 3. The number of benzene rings is 3. The number of Topliss-reactive ketones (excluding diaryl/α,β-unsaturated/α-hetero) is 1. The second kappa shape index (κ2) is 10.1. The lowest BCUT2D eigenvalue weighted by Crippen LogP contribution is -2.29. The molecule has 0 saturated carbocycles. The van der Waals surface area contributed by atoms with E-state index in [1.165, 1.54) is 9.25 Å². The van der Waals surface area contributed by atoms with Gasteiger partial charge in [-0.25, -0.2) is 9.48 Å². The summed E-state index contributed by atoms with van der Waals surface area (Å²) in [6.07, 6.45) is 0.321. The van der Waals surface area contributed by atoms with E-state index in [0.717, 1.165) is 21.9 Å². The maximum atomic E-state index is 13.0. The molecule has 4 rings (SSSR count). The number of methoxy groups -OCH3 is 1. The van der Waals surface area contributed by atoms with Crippen molar-refractivity contribution in [1.29, 1.82) is 0 Å². The smallest absolute Gasteiger partial charge is 0.346 e. The van der Waals surface area contributed by atoms with Crippen LogP contribution in [0.1, 0.15) is 24.8 Å². The third kappa shape index (κ3) is 5.07. The Bertz CT molecular complexity index is 1320. The number of halogens is 1. The van der Waals surface area contributed by atoms with Crippen molar-refractivity contribution in [2.75, 3.05) is 13.7 Å². The topological polar surface area (TPSA) is 66.1 Å². The highest BCUT2D eigenvalue weighted by atomic mass is 35.5. The fraction of sp³-hybridized carbons (Fsp3) is 0.269. The van der Waals surface area contributed by atoms with Crippen molar-refractivity contribution in [3.05, 3.63) is 87.8 Å². The van der Waals surface area contributed by atoms with Gasteiger partial charge in [0.05, 0.1) is 13.2 Å². The number of rotatable bonds is 9. The molecule has 0 aliphatic carbocycles. The zero-order valence-electron chi connectivity index (χ0n) is 18.7. The molecular formula is C26H26ClN3O3. The van der Waals surface area contributed by atoms with Crippen molar-refractivity contribution in [3.63, 3.8) is 0 Å². The van der Waals surface area contributed by atoms with Gasteiger partial charge in [-0.05, 0) is 46.5 Å². The van der Waals surface area contributed by atoms with Crippen LogP contribution in [0.25, 0.3) is 22.2 Å². The first-order valence-corrected chi connectivity index (χ1v) is 11.3. The lowest BCUT2D eigenvalue weighted by atomic mass is 9.91. The SMILES string of the molecule is COCCn1c(-c2ccc(Cl)cc2)nn(CC(=O)C[C@H](C)c2cccc3ccccc23)c1=O. The fourth-order valence-corrected chi connectivity index (χ4v) is 4.23. The minimum absolute atomic E-state index is 0.0191. The molecule has 0 aliphatic rings. The minimum atomic E-state index is -0.330. The number of carbonyl (C=O) groups excluding carboxylic acids is 1. The van der Waals surface area contributed by atoms with E-state index < -0.39 is 0 Å². The predicted molar refractivity (Wildman–Crippen MR) is 131 cm³/mol. The molecule has 0 amide bonds. The van der Waals surface area contributed by atoms with Crippen molar-refractivity contribution in [1.82, 2.24) is 14.3 Å². The molecule has 3 aromatic carbocycles. The largest absolute Gasteiger partial charge is 0.383 e. The highest BCUT2D eigenvalue weighted by molar-refractivity contribution is 6.30. The Labute approximate surface area is 197 Å². The Kier molecular flexibility index (Phi) is 7.06. The fourth-order valence-electron chi connectivity index (χ4n) is 4.10. The molecule has 6 nitrogen and oxygen atoms in total. The van der Waals surface area contributed by atoms with Crippen molar-refractivity contribution < 1.29 is 9.53 Å². The second-order valence-corrected chi connectivity index (χ2v) is 8.56. The number of aromatic nitrogens is 3. The van der Waals surface area contributed by atoms with Gasteiger partial charge in [0.1, 0.15) is 6.54 Å². The molecule has 0 N–H and O–H groups in total. The predicted octanol–water partition coefficient (Wildman–Crippen LogP) is 4.93. The van der Waals surface area contributed by atoms with Crippen molar-refractivity contribution in [2.24, 2.45) is 0 Å².